The summed E-state index contributed by atoms with van der Waals surface area (Å²) < 4.78 is 10.4. The molecule has 0 aliphatic heterocycles. The van der Waals surface area contributed by atoms with Gasteiger partial charge in [-0.1, -0.05) is 59.4 Å². The van der Waals surface area contributed by atoms with E-state index in [2.05, 4.69) is 10.1 Å². The number of ether oxygens (including phenoxy) is 1. The van der Waals surface area contributed by atoms with Crippen LogP contribution >= 0.6 is 11.8 Å². The topological polar surface area (TPSA) is 65.2 Å². The molecule has 0 aliphatic carbocycles. The van der Waals surface area contributed by atoms with E-state index in [1.807, 2.05) is 42.5 Å². The van der Waals surface area contributed by atoms with Crippen molar-refractivity contribution in [2.75, 3.05) is 12.9 Å². The van der Waals surface area contributed by atoms with Crippen LogP contribution < -0.4 is 4.74 Å². The molecule has 5 nitrogen and oxygen atoms in total. The summed E-state index contributed by atoms with van der Waals surface area (Å²) in [5, 5.41) is 4.39. The number of carbonyl (C=O) groups excluding carboxylic acids is 1. The van der Waals surface area contributed by atoms with Crippen molar-refractivity contribution < 1.29 is 14.1 Å². The van der Waals surface area contributed by atoms with Gasteiger partial charge in [-0.25, -0.2) is 0 Å². The van der Waals surface area contributed by atoms with E-state index in [9.17, 15) is 4.79 Å². The molecule has 0 N–H and O–H groups in total. The van der Waals surface area contributed by atoms with Gasteiger partial charge in [0, 0.05) is 5.56 Å². The van der Waals surface area contributed by atoms with Gasteiger partial charge in [-0.05, 0) is 17.7 Å². The van der Waals surface area contributed by atoms with Crippen molar-refractivity contribution in [1.29, 1.82) is 0 Å². The highest BCUT2D eigenvalue weighted by molar-refractivity contribution is 7.99. The van der Waals surface area contributed by atoms with Crippen LogP contribution in [0.25, 0.3) is 0 Å². The quantitative estimate of drug-likeness (QED) is 0.483. The van der Waals surface area contributed by atoms with Gasteiger partial charge in [0.1, 0.15) is 5.75 Å². The molecule has 0 spiro atoms. The average Bonchev–Trinajstić information content (AvgIpc) is 3.08. The van der Waals surface area contributed by atoms with Crippen LogP contribution in [-0.2, 0) is 6.42 Å². The van der Waals surface area contributed by atoms with Crippen molar-refractivity contribution in [3.8, 4) is 5.75 Å². The van der Waals surface area contributed by atoms with E-state index in [0.29, 0.717) is 23.0 Å². The van der Waals surface area contributed by atoms with Crippen LogP contribution in [0.1, 0.15) is 21.8 Å². The Hall–Kier alpha value is -2.60. The third kappa shape index (κ3) is 4.23. The number of methoxy groups -OCH3 is 1. The Labute approximate surface area is 144 Å². The second kappa shape index (κ2) is 7.79. The van der Waals surface area contributed by atoms with Gasteiger partial charge in [-0.2, -0.15) is 4.98 Å². The maximum absolute atomic E-state index is 12.1. The molecule has 0 bridgehead atoms. The summed E-state index contributed by atoms with van der Waals surface area (Å²) in [6.45, 7) is 0. The maximum atomic E-state index is 12.1. The summed E-state index contributed by atoms with van der Waals surface area (Å²) in [6, 6.07) is 16.9. The molecular weight excluding hydrogens is 324 g/mol. The Balaban J connectivity index is 1.56. The maximum Gasteiger partial charge on any atom is 0.231 e. The fourth-order valence-corrected chi connectivity index (χ4v) is 2.81. The SMILES string of the molecule is COc1ccc(Cc2nc(SCC(=O)c3ccccc3)no2)cc1. The summed E-state index contributed by atoms with van der Waals surface area (Å²) >= 11 is 1.28. The summed E-state index contributed by atoms with van der Waals surface area (Å²) in [5.41, 5.74) is 1.74. The van der Waals surface area contributed by atoms with Gasteiger partial charge in [-0.15, -0.1) is 0 Å². The van der Waals surface area contributed by atoms with Gasteiger partial charge in [0.2, 0.25) is 11.0 Å². The predicted octanol–water partition coefficient (Wildman–Crippen LogP) is 3.64. The van der Waals surface area contributed by atoms with Crippen LogP contribution in [0.15, 0.2) is 64.3 Å². The predicted molar refractivity (Wildman–Crippen MR) is 91.6 cm³/mol. The van der Waals surface area contributed by atoms with Gasteiger partial charge in [0.15, 0.2) is 5.78 Å². The van der Waals surface area contributed by atoms with Crippen LogP contribution in [0.4, 0.5) is 0 Å². The van der Waals surface area contributed by atoms with Crippen LogP contribution in [0, 0.1) is 0 Å². The van der Waals surface area contributed by atoms with E-state index in [0.717, 1.165) is 11.3 Å². The van der Waals surface area contributed by atoms with Gasteiger partial charge in [0.05, 0.1) is 19.3 Å². The molecule has 2 aromatic carbocycles. The number of carbonyl (C=O) groups is 1. The zero-order valence-corrected chi connectivity index (χ0v) is 14.0. The highest BCUT2D eigenvalue weighted by Gasteiger charge is 2.11. The first-order valence-electron chi connectivity index (χ1n) is 7.41. The second-order valence-electron chi connectivity index (χ2n) is 5.07. The number of benzene rings is 2. The molecule has 1 aromatic heterocycles. The third-order valence-electron chi connectivity index (χ3n) is 3.39. The van der Waals surface area contributed by atoms with E-state index in [4.69, 9.17) is 9.26 Å². The molecule has 0 amide bonds. The number of Topliss-reactive ketones (excluding diaryl/α,β-unsaturated/α-hetero) is 1. The second-order valence-corrected chi connectivity index (χ2v) is 6.02. The van der Waals surface area contributed by atoms with E-state index in [1.165, 1.54) is 11.8 Å². The summed E-state index contributed by atoms with van der Waals surface area (Å²) in [4.78, 5) is 16.4. The van der Waals surface area contributed by atoms with Crippen LogP contribution in [0.3, 0.4) is 0 Å². The molecular formula is C18H16N2O3S. The molecule has 0 radical (unpaired) electrons. The zero-order chi connectivity index (χ0) is 16.8. The number of ketones is 1. The molecule has 0 saturated carbocycles. The molecule has 3 aromatic rings. The molecule has 0 aliphatic rings. The Kier molecular flexibility index (Phi) is 5.28. The Morgan fingerprint density at radius 2 is 1.88 bits per heavy atom. The smallest absolute Gasteiger partial charge is 0.231 e. The fourth-order valence-electron chi connectivity index (χ4n) is 2.13. The van der Waals surface area contributed by atoms with Crippen molar-refractivity contribution in [2.24, 2.45) is 0 Å². The van der Waals surface area contributed by atoms with Gasteiger partial charge >= 0.3 is 0 Å². The van der Waals surface area contributed by atoms with E-state index in [-0.39, 0.29) is 11.5 Å². The highest BCUT2D eigenvalue weighted by atomic mass is 32.2. The molecule has 0 saturated heterocycles. The lowest BCUT2D eigenvalue weighted by molar-refractivity contribution is 0.102. The minimum atomic E-state index is 0.0436. The third-order valence-corrected chi connectivity index (χ3v) is 4.22. The number of hydrogen-bond acceptors (Lipinski definition) is 6. The fraction of sp³-hybridized carbons (Fsp3) is 0.167. The summed E-state index contributed by atoms with van der Waals surface area (Å²) in [7, 11) is 1.63. The Morgan fingerprint density at radius 3 is 2.58 bits per heavy atom. The minimum absolute atomic E-state index is 0.0436. The molecule has 122 valence electrons. The van der Waals surface area contributed by atoms with E-state index < -0.39 is 0 Å². The molecule has 3 rings (SSSR count). The lowest BCUT2D eigenvalue weighted by Gasteiger charge is -2.00. The first-order chi connectivity index (χ1) is 11.7. The van der Waals surface area contributed by atoms with Crippen LogP contribution in [0.5, 0.6) is 5.75 Å². The zero-order valence-electron chi connectivity index (χ0n) is 13.1. The summed E-state index contributed by atoms with van der Waals surface area (Å²) in [6.07, 6.45) is 0.546. The van der Waals surface area contributed by atoms with Gasteiger partial charge in [0.25, 0.3) is 0 Å². The van der Waals surface area contributed by atoms with Crippen molar-refractivity contribution in [3.63, 3.8) is 0 Å². The van der Waals surface area contributed by atoms with Gasteiger partial charge in [-0.3, -0.25) is 4.79 Å². The molecule has 6 heteroatoms. The van der Waals surface area contributed by atoms with Crippen LogP contribution in [0.2, 0.25) is 0 Å². The van der Waals surface area contributed by atoms with Crippen LogP contribution in [-0.4, -0.2) is 28.8 Å². The minimum Gasteiger partial charge on any atom is -0.497 e. The number of rotatable bonds is 7. The number of nitrogens with zero attached hydrogens (tertiary/aromatic N) is 2. The molecule has 1 heterocycles. The molecule has 0 unspecified atom stereocenters. The van der Waals surface area contributed by atoms with E-state index >= 15 is 0 Å². The average molecular weight is 340 g/mol. The highest BCUT2D eigenvalue weighted by Crippen LogP contribution is 2.18. The number of aromatic nitrogens is 2. The lowest BCUT2D eigenvalue weighted by Crippen LogP contribution is -2.02. The van der Waals surface area contributed by atoms with Crippen molar-refractivity contribution in [1.82, 2.24) is 10.1 Å². The van der Waals surface area contributed by atoms with Crippen molar-refractivity contribution in [2.45, 2.75) is 11.6 Å². The van der Waals surface area contributed by atoms with Crippen molar-refractivity contribution in [3.05, 3.63) is 71.6 Å². The first-order valence-corrected chi connectivity index (χ1v) is 8.40. The monoisotopic (exact) mass is 340 g/mol. The first kappa shape index (κ1) is 16.3. The molecule has 24 heavy (non-hydrogen) atoms. The van der Waals surface area contributed by atoms with E-state index in [1.54, 1.807) is 19.2 Å². The Morgan fingerprint density at radius 1 is 1.12 bits per heavy atom. The number of thioether (sulfide) groups is 1. The standard InChI is InChI=1S/C18H16N2O3S/c1-22-15-9-7-13(8-10-15)11-17-19-18(20-23-17)24-12-16(21)14-5-3-2-4-6-14/h2-10H,11-12H2,1H3. The number of hydrogen-bond donors (Lipinski definition) is 0. The molecule has 0 fully saturated rings. The summed E-state index contributed by atoms with van der Waals surface area (Å²) in [5.74, 6) is 1.66. The lowest BCUT2D eigenvalue weighted by atomic mass is 10.1. The normalized spacial score (nSPS) is 10.5. The largest absolute Gasteiger partial charge is 0.497 e. The molecule has 0 atom stereocenters. The van der Waals surface area contributed by atoms with Crippen molar-refractivity contribution >= 4 is 17.5 Å². The van der Waals surface area contributed by atoms with Gasteiger partial charge < -0.3 is 9.26 Å². The Bertz CT molecular complexity index is 801.